The Morgan fingerprint density at radius 3 is 2.20 bits per heavy atom. The smallest absolute Gasteiger partial charge is 0.404 e. The van der Waals surface area contributed by atoms with Crippen LogP contribution in [0.1, 0.15) is 6.92 Å². The van der Waals surface area contributed by atoms with Gasteiger partial charge in [0, 0.05) is 25.0 Å². The van der Waals surface area contributed by atoms with Crippen LogP contribution >= 0.6 is 0 Å². The van der Waals surface area contributed by atoms with Gasteiger partial charge in [0.25, 0.3) is 0 Å². The van der Waals surface area contributed by atoms with Gasteiger partial charge in [-0.15, -0.1) is 0 Å². The maximum Gasteiger partial charge on any atom is 0.418 e. The highest BCUT2D eigenvalue weighted by molar-refractivity contribution is 6.22. The standard InChI is InChI=1S/C9H12F3N3/c1-3-7(9(10,11)12)8(14)6(4-13)5-15-2/h3-5,14H,13H2,1-2H3/b6-4+,7-3+,14-8?,15-5?. The Hall–Kier alpha value is -1.59. The summed E-state index contributed by atoms with van der Waals surface area (Å²) < 4.78 is 37.2. The summed E-state index contributed by atoms with van der Waals surface area (Å²) in [5.41, 5.74) is 3.33. The van der Waals surface area contributed by atoms with Gasteiger partial charge in [-0.3, -0.25) is 10.4 Å². The van der Waals surface area contributed by atoms with Gasteiger partial charge in [0.15, 0.2) is 0 Å². The molecule has 0 aromatic carbocycles. The first kappa shape index (κ1) is 13.4. The molecule has 0 radical (unpaired) electrons. The number of rotatable bonds is 3. The molecule has 3 N–H and O–H groups in total. The van der Waals surface area contributed by atoms with E-state index in [2.05, 4.69) is 4.99 Å². The van der Waals surface area contributed by atoms with Crippen molar-refractivity contribution in [3.05, 3.63) is 23.4 Å². The van der Waals surface area contributed by atoms with Gasteiger partial charge < -0.3 is 5.73 Å². The second kappa shape index (κ2) is 5.33. The topological polar surface area (TPSA) is 62.2 Å². The van der Waals surface area contributed by atoms with Gasteiger partial charge in [-0.05, 0) is 6.92 Å². The van der Waals surface area contributed by atoms with Crippen molar-refractivity contribution in [3.8, 4) is 0 Å². The van der Waals surface area contributed by atoms with Crippen LogP contribution in [0.2, 0.25) is 0 Å². The molecule has 0 rings (SSSR count). The minimum atomic E-state index is -4.55. The Kier molecular flexibility index (Phi) is 4.77. The first-order valence-electron chi connectivity index (χ1n) is 4.05. The Labute approximate surface area is 85.7 Å². The summed E-state index contributed by atoms with van der Waals surface area (Å²) >= 11 is 0. The molecule has 0 saturated carbocycles. The zero-order valence-corrected chi connectivity index (χ0v) is 8.39. The fourth-order valence-corrected chi connectivity index (χ4v) is 0.935. The van der Waals surface area contributed by atoms with Crippen molar-refractivity contribution in [1.82, 2.24) is 0 Å². The van der Waals surface area contributed by atoms with Crippen LogP contribution in [0, 0.1) is 5.41 Å². The Bertz CT molecular complexity index is 324. The molecule has 0 aliphatic rings. The van der Waals surface area contributed by atoms with Crippen LogP contribution in [-0.4, -0.2) is 25.2 Å². The van der Waals surface area contributed by atoms with Crippen LogP contribution in [0.5, 0.6) is 0 Å². The molecule has 0 unspecified atom stereocenters. The summed E-state index contributed by atoms with van der Waals surface area (Å²) in [7, 11) is 1.39. The molecule has 0 amide bonds. The van der Waals surface area contributed by atoms with Gasteiger partial charge >= 0.3 is 6.18 Å². The van der Waals surface area contributed by atoms with E-state index >= 15 is 0 Å². The molecule has 0 fully saturated rings. The lowest BCUT2D eigenvalue weighted by Gasteiger charge is -2.12. The van der Waals surface area contributed by atoms with Gasteiger partial charge in [-0.1, -0.05) is 6.08 Å². The first-order valence-corrected chi connectivity index (χ1v) is 4.05. The van der Waals surface area contributed by atoms with Gasteiger partial charge in [-0.25, -0.2) is 0 Å². The molecule has 0 bridgehead atoms. The Morgan fingerprint density at radius 2 is 1.93 bits per heavy atom. The molecular formula is C9H12F3N3. The number of hydrogen-bond acceptors (Lipinski definition) is 3. The predicted molar refractivity (Wildman–Crippen MR) is 54.2 cm³/mol. The van der Waals surface area contributed by atoms with E-state index in [1.54, 1.807) is 0 Å². The van der Waals surface area contributed by atoms with E-state index in [0.29, 0.717) is 0 Å². The maximum absolute atomic E-state index is 12.4. The summed E-state index contributed by atoms with van der Waals surface area (Å²) in [6.45, 7) is 1.22. The van der Waals surface area contributed by atoms with Crippen LogP contribution in [0.4, 0.5) is 13.2 Å². The lowest BCUT2D eigenvalue weighted by Crippen LogP contribution is -2.22. The number of nitrogens with two attached hydrogens (primary N) is 1. The maximum atomic E-state index is 12.4. The molecular weight excluding hydrogens is 207 g/mol. The summed E-state index contributed by atoms with van der Waals surface area (Å²) in [4.78, 5) is 3.52. The number of halogens is 3. The van der Waals surface area contributed by atoms with E-state index in [-0.39, 0.29) is 5.57 Å². The van der Waals surface area contributed by atoms with Crippen molar-refractivity contribution in [2.45, 2.75) is 13.1 Å². The van der Waals surface area contributed by atoms with Crippen LogP contribution in [0.15, 0.2) is 28.4 Å². The largest absolute Gasteiger partial charge is 0.418 e. The van der Waals surface area contributed by atoms with Crippen molar-refractivity contribution in [2.75, 3.05) is 7.05 Å². The van der Waals surface area contributed by atoms with Crippen molar-refractivity contribution >= 4 is 11.9 Å². The second-order valence-corrected chi connectivity index (χ2v) is 2.58. The molecule has 0 aliphatic heterocycles. The van der Waals surface area contributed by atoms with E-state index in [9.17, 15) is 13.2 Å². The zero-order valence-electron chi connectivity index (χ0n) is 8.39. The van der Waals surface area contributed by atoms with Gasteiger partial charge in [-0.2, -0.15) is 13.2 Å². The lowest BCUT2D eigenvalue weighted by molar-refractivity contribution is -0.0861. The number of nitrogens with one attached hydrogen (secondary N) is 1. The molecule has 0 aromatic heterocycles. The SMILES string of the molecule is C/C=C(\C(=N)/C(C=NC)=C/N)C(F)(F)F. The average molecular weight is 219 g/mol. The molecule has 0 aliphatic carbocycles. The predicted octanol–water partition coefficient (Wildman–Crippen LogP) is 2.06. The number of nitrogens with zero attached hydrogens (tertiary/aromatic N) is 1. The number of allylic oxidation sites excluding steroid dienone is 3. The van der Waals surface area contributed by atoms with Crippen molar-refractivity contribution in [2.24, 2.45) is 10.7 Å². The molecule has 0 heterocycles. The fourth-order valence-electron chi connectivity index (χ4n) is 0.935. The number of aliphatic imine (C=N–C) groups is 1. The minimum absolute atomic E-state index is 0.0667. The van der Waals surface area contributed by atoms with Crippen LogP contribution in [-0.2, 0) is 0 Å². The summed E-state index contributed by atoms with van der Waals surface area (Å²) in [6, 6.07) is 0. The fraction of sp³-hybridized carbons (Fsp3) is 0.333. The van der Waals surface area contributed by atoms with E-state index in [4.69, 9.17) is 11.1 Å². The third-order valence-electron chi connectivity index (χ3n) is 1.60. The third kappa shape index (κ3) is 3.57. The Morgan fingerprint density at radius 1 is 1.40 bits per heavy atom. The molecule has 3 nitrogen and oxygen atoms in total. The molecule has 0 spiro atoms. The van der Waals surface area contributed by atoms with Gasteiger partial charge in [0.05, 0.1) is 11.3 Å². The highest BCUT2D eigenvalue weighted by Gasteiger charge is 2.36. The second-order valence-electron chi connectivity index (χ2n) is 2.58. The van der Waals surface area contributed by atoms with Crippen molar-refractivity contribution in [1.29, 1.82) is 5.41 Å². The van der Waals surface area contributed by atoms with Crippen LogP contribution < -0.4 is 5.73 Å². The normalized spacial score (nSPS) is 14.7. The Balaban J connectivity index is 5.16. The van der Waals surface area contributed by atoms with Gasteiger partial charge in [0.2, 0.25) is 0 Å². The minimum Gasteiger partial charge on any atom is -0.404 e. The lowest BCUT2D eigenvalue weighted by atomic mass is 10.0. The van der Waals surface area contributed by atoms with E-state index in [0.717, 1.165) is 18.5 Å². The molecule has 84 valence electrons. The van der Waals surface area contributed by atoms with Crippen molar-refractivity contribution < 1.29 is 13.2 Å². The quantitative estimate of drug-likeness (QED) is 0.701. The monoisotopic (exact) mass is 219 g/mol. The molecule has 6 heteroatoms. The average Bonchev–Trinajstić information content (AvgIpc) is 2.12. The highest BCUT2D eigenvalue weighted by Crippen LogP contribution is 2.27. The molecule has 0 saturated heterocycles. The molecule has 0 atom stereocenters. The number of hydrogen-bond donors (Lipinski definition) is 2. The van der Waals surface area contributed by atoms with Gasteiger partial charge in [0.1, 0.15) is 0 Å². The van der Waals surface area contributed by atoms with Crippen LogP contribution in [0.25, 0.3) is 0 Å². The summed E-state index contributed by atoms with van der Waals surface area (Å²) in [6.07, 6.45) is -1.70. The third-order valence-corrected chi connectivity index (χ3v) is 1.60. The zero-order chi connectivity index (χ0) is 12.1. The summed E-state index contributed by atoms with van der Waals surface area (Å²) in [5.74, 6) is 0. The van der Waals surface area contributed by atoms with E-state index < -0.39 is 17.5 Å². The summed E-state index contributed by atoms with van der Waals surface area (Å²) in [5, 5.41) is 7.33. The number of alkyl halides is 3. The molecule has 15 heavy (non-hydrogen) atoms. The van der Waals surface area contributed by atoms with E-state index in [1.165, 1.54) is 14.0 Å². The highest BCUT2D eigenvalue weighted by atomic mass is 19.4. The van der Waals surface area contributed by atoms with Crippen LogP contribution in [0.3, 0.4) is 0 Å². The molecule has 0 aromatic rings. The first-order chi connectivity index (χ1) is 6.88. The van der Waals surface area contributed by atoms with E-state index in [1.807, 2.05) is 0 Å². The van der Waals surface area contributed by atoms with Crippen molar-refractivity contribution in [3.63, 3.8) is 0 Å².